The Morgan fingerprint density at radius 1 is 1.37 bits per heavy atom. The van der Waals surface area contributed by atoms with Crippen LogP contribution in [-0.2, 0) is 22.6 Å². The van der Waals surface area contributed by atoms with E-state index in [0.29, 0.717) is 30.8 Å². The summed E-state index contributed by atoms with van der Waals surface area (Å²) in [5.74, 6) is -1.02. The van der Waals surface area contributed by atoms with Crippen LogP contribution in [0.1, 0.15) is 50.7 Å². The third kappa shape index (κ3) is 6.01. The van der Waals surface area contributed by atoms with Crippen LogP contribution in [0.15, 0.2) is 18.2 Å². The standard InChI is InChI=1S/C20H30ClN3O3/c1-20(2,9-8-13-11-15(21)7-6-14(13)12-22)17(25)19(27)24-18(26)16-5-3-4-10-23-16/h6-7,11,16-17,23,25H,3-5,8-10,12,22H2,1-2H3,(H,24,26,27)/t16-,17-/m0/s1. The summed E-state index contributed by atoms with van der Waals surface area (Å²) in [6.45, 7) is 4.79. The van der Waals surface area contributed by atoms with Gasteiger partial charge >= 0.3 is 0 Å². The van der Waals surface area contributed by atoms with Gasteiger partial charge in [0, 0.05) is 17.0 Å². The van der Waals surface area contributed by atoms with Crippen molar-refractivity contribution in [1.29, 1.82) is 0 Å². The molecule has 2 atom stereocenters. The van der Waals surface area contributed by atoms with Gasteiger partial charge in [-0.25, -0.2) is 0 Å². The number of aliphatic hydroxyl groups is 1. The molecule has 6 nitrogen and oxygen atoms in total. The Hall–Kier alpha value is -1.47. The van der Waals surface area contributed by atoms with E-state index in [2.05, 4.69) is 10.6 Å². The van der Waals surface area contributed by atoms with Crippen LogP contribution in [0.4, 0.5) is 0 Å². The van der Waals surface area contributed by atoms with E-state index in [1.807, 2.05) is 26.0 Å². The highest BCUT2D eigenvalue weighted by Gasteiger charge is 2.35. The zero-order valence-corrected chi connectivity index (χ0v) is 16.8. The fraction of sp³-hybridized carbons (Fsp3) is 0.600. The van der Waals surface area contributed by atoms with Crippen LogP contribution >= 0.6 is 11.6 Å². The van der Waals surface area contributed by atoms with Crippen molar-refractivity contribution in [2.24, 2.45) is 11.1 Å². The first-order valence-corrected chi connectivity index (χ1v) is 9.86. The number of amides is 2. The van der Waals surface area contributed by atoms with Gasteiger partial charge in [0.05, 0.1) is 6.04 Å². The lowest BCUT2D eigenvalue weighted by molar-refractivity contribution is -0.141. The minimum atomic E-state index is -1.29. The molecule has 1 fully saturated rings. The molecule has 0 spiro atoms. The molecule has 1 aromatic carbocycles. The topological polar surface area (TPSA) is 104 Å². The zero-order chi connectivity index (χ0) is 20.0. The van der Waals surface area contributed by atoms with Gasteiger partial charge in [-0.2, -0.15) is 0 Å². The molecule has 2 rings (SSSR count). The third-order valence-corrected chi connectivity index (χ3v) is 5.52. The summed E-state index contributed by atoms with van der Waals surface area (Å²) < 4.78 is 0. The van der Waals surface area contributed by atoms with E-state index in [9.17, 15) is 14.7 Å². The number of nitrogens with one attached hydrogen (secondary N) is 2. The van der Waals surface area contributed by atoms with Gasteiger partial charge in [-0.05, 0) is 55.5 Å². The van der Waals surface area contributed by atoms with Gasteiger partial charge in [0.2, 0.25) is 5.91 Å². The van der Waals surface area contributed by atoms with Gasteiger partial charge < -0.3 is 16.2 Å². The van der Waals surface area contributed by atoms with Crippen molar-refractivity contribution in [2.75, 3.05) is 6.54 Å². The Labute approximate surface area is 165 Å². The lowest BCUT2D eigenvalue weighted by atomic mass is 9.80. The molecular weight excluding hydrogens is 366 g/mol. The molecule has 1 aliphatic rings. The molecule has 1 heterocycles. The smallest absolute Gasteiger partial charge is 0.255 e. The number of aliphatic hydroxyl groups excluding tert-OH is 1. The average molecular weight is 396 g/mol. The maximum absolute atomic E-state index is 12.4. The number of carbonyl (C=O) groups is 2. The van der Waals surface area contributed by atoms with E-state index in [0.717, 1.165) is 30.5 Å². The first-order chi connectivity index (χ1) is 12.7. The molecule has 1 saturated heterocycles. The van der Waals surface area contributed by atoms with Crippen molar-refractivity contribution in [3.63, 3.8) is 0 Å². The number of hydrogen-bond donors (Lipinski definition) is 4. The summed E-state index contributed by atoms with van der Waals surface area (Å²) >= 11 is 6.07. The second kappa shape index (κ2) is 9.64. The van der Waals surface area contributed by atoms with Gasteiger partial charge in [-0.1, -0.05) is 37.9 Å². The van der Waals surface area contributed by atoms with Crippen molar-refractivity contribution in [3.05, 3.63) is 34.3 Å². The molecule has 0 aliphatic carbocycles. The minimum absolute atomic E-state index is 0.364. The fourth-order valence-electron chi connectivity index (χ4n) is 3.33. The lowest BCUT2D eigenvalue weighted by Gasteiger charge is -2.30. The number of piperidine rings is 1. The minimum Gasteiger partial charge on any atom is -0.383 e. The highest BCUT2D eigenvalue weighted by molar-refractivity contribution is 6.30. The molecular formula is C20H30ClN3O3. The normalized spacial score (nSPS) is 18.8. The van der Waals surface area contributed by atoms with E-state index in [-0.39, 0.29) is 11.9 Å². The molecule has 1 aromatic rings. The third-order valence-electron chi connectivity index (χ3n) is 5.29. The van der Waals surface area contributed by atoms with E-state index in [1.165, 1.54) is 0 Å². The first kappa shape index (κ1) is 21.8. The SMILES string of the molecule is CC(C)(CCc1cc(Cl)ccc1CN)[C@@H](O)C(=O)NC(=O)[C@@H]1CCCCN1. The lowest BCUT2D eigenvalue weighted by Crippen LogP contribution is -2.52. The van der Waals surface area contributed by atoms with E-state index in [4.69, 9.17) is 17.3 Å². The summed E-state index contributed by atoms with van der Waals surface area (Å²) in [4.78, 5) is 24.6. The number of nitrogens with two attached hydrogens (primary N) is 1. The number of halogens is 1. The molecule has 0 unspecified atom stereocenters. The highest BCUT2D eigenvalue weighted by atomic mass is 35.5. The van der Waals surface area contributed by atoms with Crippen LogP contribution in [0.3, 0.4) is 0 Å². The van der Waals surface area contributed by atoms with Gasteiger partial charge in [0.1, 0.15) is 6.10 Å². The zero-order valence-electron chi connectivity index (χ0n) is 16.1. The van der Waals surface area contributed by atoms with Crippen molar-refractivity contribution >= 4 is 23.4 Å². The largest absolute Gasteiger partial charge is 0.383 e. The van der Waals surface area contributed by atoms with E-state index in [1.54, 1.807) is 6.07 Å². The highest BCUT2D eigenvalue weighted by Crippen LogP contribution is 2.29. The Kier molecular flexibility index (Phi) is 7.79. The molecule has 7 heteroatoms. The summed E-state index contributed by atoms with van der Waals surface area (Å²) in [6, 6.07) is 5.19. The molecule has 1 aliphatic heterocycles. The Morgan fingerprint density at radius 3 is 2.74 bits per heavy atom. The van der Waals surface area contributed by atoms with E-state index < -0.39 is 17.4 Å². The second-order valence-electron chi connectivity index (χ2n) is 7.86. The number of rotatable bonds is 7. The van der Waals surface area contributed by atoms with Crippen LogP contribution in [0.25, 0.3) is 0 Å². The Bertz CT molecular complexity index is 672. The van der Waals surface area contributed by atoms with Gasteiger partial charge in [0.15, 0.2) is 0 Å². The average Bonchev–Trinajstić information content (AvgIpc) is 2.66. The maximum Gasteiger partial charge on any atom is 0.255 e. The van der Waals surface area contributed by atoms with Crippen molar-refractivity contribution in [1.82, 2.24) is 10.6 Å². The second-order valence-corrected chi connectivity index (χ2v) is 8.30. The fourth-order valence-corrected chi connectivity index (χ4v) is 3.52. The van der Waals surface area contributed by atoms with Crippen molar-refractivity contribution in [3.8, 4) is 0 Å². The predicted molar refractivity (Wildman–Crippen MR) is 106 cm³/mol. The van der Waals surface area contributed by atoms with Gasteiger partial charge in [-0.15, -0.1) is 0 Å². The van der Waals surface area contributed by atoms with Crippen LogP contribution in [0, 0.1) is 5.41 Å². The summed E-state index contributed by atoms with van der Waals surface area (Å²) in [5, 5.41) is 16.6. The molecule has 0 bridgehead atoms. The molecule has 2 amide bonds. The summed E-state index contributed by atoms with van der Waals surface area (Å²) in [7, 11) is 0. The predicted octanol–water partition coefficient (Wildman–Crippen LogP) is 1.90. The first-order valence-electron chi connectivity index (χ1n) is 9.48. The number of imide groups is 1. The van der Waals surface area contributed by atoms with Gasteiger partial charge in [-0.3, -0.25) is 14.9 Å². The molecule has 27 heavy (non-hydrogen) atoms. The maximum atomic E-state index is 12.4. The van der Waals surface area contributed by atoms with E-state index >= 15 is 0 Å². The molecule has 0 aromatic heterocycles. The number of hydrogen-bond acceptors (Lipinski definition) is 5. The van der Waals surface area contributed by atoms with Crippen molar-refractivity contribution in [2.45, 2.75) is 64.6 Å². The summed E-state index contributed by atoms with van der Waals surface area (Å²) in [6.07, 6.45) is 2.58. The monoisotopic (exact) mass is 395 g/mol. The Balaban J connectivity index is 1.95. The van der Waals surface area contributed by atoms with Crippen molar-refractivity contribution < 1.29 is 14.7 Å². The van der Waals surface area contributed by atoms with Gasteiger partial charge in [0.25, 0.3) is 5.91 Å². The molecule has 5 N–H and O–H groups in total. The number of benzene rings is 1. The van der Waals surface area contributed by atoms with Crippen LogP contribution in [-0.4, -0.2) is 35.6 Å². The van der Waals surface area contributed by atoms with Crippen LogP contribution < -0.4 is 16.4 Å². The summed E-state index contributed by atoms with van der Waals surface area (Å²) in [5.41, 5.74) is 7.06. The van der Waals surface area contributed by atoms with Crippen LogP contribution in [0.2, 0.25) is 5.02 Å². The molecule has 150 valence electrons. The number of carbonyl (C=O) groups excluding carboxylic acids is 2. The van der Waals surface area contributed by atoms with Crippen LogP contribution in [0.5, 0.6) is 0 Å². The molecule has 0 radical (unpaired) electrons. The quantitative estimate of drug-likeness (QED) is 0.564. The Morgan fingerprint density at radius 2 is 2.11 bits per heavy atom. The number of aryl methyl sites for hydroxylation is 1. The molecule has 0 saturated carbocycles.